The molecule has 170 valence electrons. The number of rotatable bonds is 11. The predicted molar refractivity (Wildman–Crippen MR) is 141 cm³/mol. The third-order valence-electron chi connectivity index (χ3n) is 7.70. The smallest absolute Gasteiger partial charge is 0.0314 e. The Balaban J connectivity index is 1.75. The van der Waals surface area contributed by atoms with Gasteiger partial charge in [-0.3, -0.25) is 0 Å². The van der Waals surface area contributed by atoms with Gasteiger partial charge in [0.05, 0.1) is 0 Å². The third kappa shape index (κ3) is 4.58. The van der Waals surface area contributed by atoms with Crippen LogP contribution >= 0.6 is 0 Å². The second-order valence-electron chi connectivity index (χ2n) is 9.92. The van der Waals surface area contributed by atoms with Gasteiger partial charge in [-0.2, -0.15) is 0 Å². The lowest BCUT2D eigenvalue weighted by Gasteiger charge is -2.35. The van der Waals surface area contributed by atoms with Crippen LogP contribution < -0.4 is 5.73 Å². The summed E-state index contributed by atoms with van der Waals surface area (Å²) in [4.78, 5) is 0. The van der Waals surface area contributed by atoms with Gasteiger partial charge < -0.3 is 5.73 Å². The summed E-state index contributed by atoms with van der Waals surface area (Å²) in [6.07, 6.45) is 20.6. The summed E-state index contributed by atoms with van der Waals surface area (Å²) in [5.74, 6) is 0. The van der Waals surface area contributed by atoms with Gasteiger partial charge in [0.15, 0.2) is 0 Å². The molecule has 0 spiro atoms. The van der Waals surface area contributed by atoms with E-state index >= 15 is 0 Å². The summed E-state index contributed by atoms with van der Waals surface area (Å²) in [6, 6.07) is 15.7. The van der Waals surface area contributed by atoms with Crippen molar-refractivity contribution in [1.29, 1.82) is 0 Å². The van der Waals surface area contributed by atoms with Gasteiger partial charge in [-0.1, -0.05) is 102 Å². The van der Waals surface area contributed by atoms with Crippen molar-refractivity contribution in [2.45, 2.75) is 96.3 Å². The molecule has 0 unspecified atom stereocenters. The first kappa shape index (κ1) is 22.9. The van der Waals surface area contributed by atoms with E-state index in [0.717, 1.165) is 5.69 Å². The monoisotopic (exact) mass is 427 g/mol. The maximum atomic E-state index is 5.96. The fourth-order valence-electron chi connectivity index (χ4n) is 5.97. The Morgan fingerprint density at radius 1 is 0.781 bits per heavy atom. The molecular weight excluding hydrogens is 386 g/mol. The number of benzene rings is 2. The summed E-state index contributed by atoms with van der Waals surface area (Å²) in [6.45, 7) is 4.63. The molecule has 0 aliphatic heterocycles. The Bertz CT molecular complexity index is 948. The lowest BCUT2D eigenvalue weighted by atomic mass is 9.69. The Hall–Kier alpha value is -2.28. The van der Waals surface area contributed by atoms with Crippen LogP contribution in [0.2, 0.25) is 0 Å². The summed E-state index contributed by atoms with van der Waals surface area (Å²) in [5, 5.41) is 0. The zero-order valence-corrected chi connectivity index (χ0v) is 20.3. The highest BCUT2D eigenvalue weighted by Gasteiger charge is 2.43. The molecule has 0 aromatic heterocycles. The van der Waals surface area contributed by atoms with Crippen LogP contribution in [0.3, 0.4) is 0 Å². The zero-order valence-electron chi connectivity index (χ0n) is 20.3. The van der Waals surface area contributed by atoms with Crippen molar-refractivity contribution in [2.24, 2.45) is 0 Å². The molecule has 32 heavy (non-hydrogen) atoms. The fraction of sp³-hybridized carbons (Fsp3) is 0.484. The first-order chi connectivity index (χ1) is 15.7. The van der Waals surface area contributed by atoms with Gasteiger partial charge in [0.25, 0.3) is 0 Å². The van der Waals surface area contributed by atoms with Gasteiger partial charge in [0.2, 0.25) is 0 Å². The number of hydrogen-bond donors (Lipinski definition) is 1. The summed E-state index contributed by atoms with van der Waals surface area (Å²) in [7, 11) is 0. The Labute approximate surface area is 195 Å². The normalized spacial score (nSPS) is 16.3. The Kier molecular flexibility index (Phi) is 7.55. The molecular formula is C31H41N. The minimum absolute atomic E-state index is 0.201. The lowest BCUT2D eigenvalue weighted by molar-refractivity contribution is 0.397. The minimum Gasteiger partial charge on any atom is -0.399 e. The Morgan fingerprint density at radius 2 is 1.44 bits per heavy atom. The topological polar surface area (TPSA) is 26.0 Å². The van der Waals surface area contributed by atoms with Crippen LogP contribution in [0.5, 0.6) is 0 Å². The molecule has 0 fully saturated rings. The van der Waals surface area contributed by atoms with Gasteiger partial charge in [-0.25, -0.2) is 0 Å². The molecule has 0 saturated heterocycles. The number of nitrogens with two attached hydrogens (primary N) is 1. The van der Waals surface area contributed by atoms with Crippen LogP contribution in [0, 0.1) is 0 Å². The number of nitrogen functional groups attached to an aromatic ring is 1. The standard InChI is InChI=1S/C31H41N/c1-3-5-7-11-21-31(22-12-8-6-4-2)29-14-10-9-13-27(29)28-20-17-25(23-30(28)31)24-15-18-26(32)19-16-24/h10,14-20,23H,3-9,11-13,21-22,32H2,1-2H3. The fourth-order valence-corrected chi connectivity index (χ4v) is 5.97. The molecule has 0 amide bonds. The number of hydrogen-bond acceptors (Lipinski definition) is 1. The number of allylic oxidation sites excluding steroid dienone is 4. The van der Waals surface area contributed by atoms with Crippen molar-refractivity contribution in [3.63, 3.8) is 0 Å². The number of unbranched alkanes of at least 4 members (excludes halogenated alkanes) is 6. The average Bonchev–Trinajstić information content (AvgIpc) is 3.10. The highest BCUT2D eigenvalue weighted by molar-refractivity contribution is 5.85. The summed E-state index contributed by atoms with van der Waals surface area (Å²) in [5.41, 5.74) is 16.0. The molecule has 2 N–H and O–H groups in total. The van der Waals surface area contributed by atoms with Gasteiger partial charge in [0, 0.05) is 11.1 Å². The van der Waals surface area contributed by atoms with Crippen LogP contribution in [0.25, 0.3) is 16.7 Å². The molecule has 1 heteroatoms. The molecule has 0 radical (unpaired) electrons. The number of fused-ring (bicyclic) bond motifs is 2. The van der Waals surface area contributed by atoms with Crippen LogP contribution in [0.15, 0.2) is 60.2 Å². The van der Waals surface area contributed by atoms with Crippen molar-refractivity contribution in [3.05, 3.63) is 71.3 Å². The maximum Gasteiger partial charge on any atom is 0.0314 e. The largest absolute Gasteiger partial charge is 0.399 e. The first-order valence-electron chi connectivity index (χ1n) is 13.1. The Morgan fingerprint density at radius 3 is 2.09 bits per heavy atom. The van der Waals surface area contributed by atoms with Gasteiger partial charge >= 0.3 is 0 Å². The third-order valence-corrected chi connectivity index (χ3v) is 7.70. The molecule has 1 nitrogen and oxygen atoms in total. The highest BCUT2D eigenvalue weighted by atomic mass is 14.5. The highest BCUT2D eigenvalue weighted by Crippen LogP contribution is 2.55. The van der Waals surface area contributed by atoms with Crippen molar-refractivity contribution >= 4 is 11.3 Å². The quantitative estimate of drug-likeness (QED) is 0.280. The van der Waals surface area contributed by atoms with E-state index < -0.39 is 0 Å². The molecule has 2 aliphatic carbocycles. The minimum atomic E-state index is 0.201. The molecule has 2 aromatic rings. The van der Waals surface area contributed by atoms with Crippen molar-refractivity contribution < 1.29 is 0 Å². The van der Waals surface area contributed by atoms with Crippen molar-refractivity contribution in [1.82, 2.24) is 0 Å². The summed E-state index contributed by atoms with van der Waals surface area (Å²) < 4.78 is 0. The van der Waals surface area contributed by atoms with E-state index in [1.807, 2.05) is 12.1 Å². The maximum absolute atomic E-state index is 5.96. The molecule has 2 aromatic carbocycles. The molecule has 0 saturated carbocycles. The van der Waals surface area contributed by atoms with Crippen molar-refractivity contribution in [3.8, 4) is 11.1 Å². The molecule has 0 bridgehead atoms. The van der Waals surface area contributed by atoms with Crippen LogP contribution in [0.4, 0.5) is 5.69 Å². The second kappa shape index (κ2) is 10.6. The number of anilines is 1. The van der Waals surface area contributed by atoms with E-state index in [1.54, 1.807) is 16.7 Å². The molecule has 0 heterocycles. The van der Waals surface area contributed by atoms with Crippen LogP contribution in [0.1, 0.15) is 102 Å². The SMILES string of the molecule is CCCCCCC1(CCCCCC)C2=C(CCC=C2)c2ccc(-c3ccc(N)cc3)cc21. The van der Waals surface area contributed by atoms with Crippen LogP contribution in [-0.2, 0) is 5.41 Å². The van der Waals surface area contributed by atoms with E-state index in [1.165, 1.54) is 93.7 Å². The lowest BCUT2D eigenvalue weighted by Crippen LogP contribution is -2.26. The summed E-state index contributed by atoms with van der Waals surface area (Å²) >= 11 is 0. The predicted octanol–water partition coefficient (Wildman–Crippen LogP) is 9.23. The van der Waals surface area contributed by atoms with E-state index in [2.05, 4.69) is 56.3 Å². The van der Waals surface area contributed by atoms with Crippen molar-refractivity contribution in [2.75, 3.05) is 5.73 Å². The first-order valence-corrected chi connectivity index (χ1v) is 13.1. The van der Waals surface area contributed by atoms with Crippen LogP contribution in [-0.4, -0.2) is 0 Å². The zero-order chi connectivity index (χ0) is 22.4. The van der Waals surface area contributed by atoms with Gasteiger partial charge in [-0.15, -0.1) is 0 Å². The van der Waals surface area contributed by atoms with Gasteiger partial charge in [-0.05, 0) is 77.3 Å². The van der Waals surface area contributed by atoms with E-state index in [4.69, 9.17) is 5.73 Å². The molecule has 4 rings (SSSR count). The van der Waals surface area contributed by atoms with E-state index in [-0.39, 0.29) is 5.41 Å². The van der Waals surface area contributed by atoms with E-state index in [0.29, 0.717) is 0 Å². The van der Waals surface area contributed by atoms with E-state index in [9.17, 15) is 0 Å². The molecule has 0 atom stereocenters. The average molecular weight is 428 g/mol. The van der Waals surface area contributed by atoms with Gasteiger partial charge in [0.1, 0.15) is 0 Å². The molecule has 2 aliphatic rings. The second-order valence-corrected chi connectivity index (χ2v) is 9.92.